The molecule has 0 aromatic heterocycles. The zero-order valence-electron chi connectivity index (χ0n) is 13.3. The Labute approximate surface area is 152 Å². The molecule has 3 aromatic rings. The maximum atomic E-state index is 5.87. The summed E-state index contributed by atoms with van der Waals surface area (Å²) in [7, 11) is 0. The number of fused-ring (bicyclic) bond motifs is 1. The molecule has 0 unspecified atom stereocenters. The van der Waals surface area contributed by atoms with Gasteiger partial charge in [-0.25, -0.2) is 0 Å². The lowest BCUT2D eigenvalue weighted by Crippen LogP contribution is -2.29. The molecule has 0 saturated carbocycles. The Balaban J connectivity index is 1.48. The summed E-state index contributed by atoms with van der Waals surface area (Å²) >= 11 is 11.2. The SMILES string of the molecule is S=C(NCCCc1cccc2ccccc12)Nc1ccc(Cl)cc1. The first kappa shape index (κ1) is 16.7. The molecule has 0 aliphatic rings. The smallest absolute Gasteiger partial charge is 0.170 e. The number of hydrogen-bond acceptors (Lipinski definition) is 1. The minimum atomic E-state index is 0.634. The maximum Gasteiger partial charge on any atom is 0.170 e. The Morgan fingerprint density at radius 1 is 0.917 bits per heavy atom. The van der Waals surface area contributed by atoms with Gasteiger partial charge in [-0.1, -0.05) is 54.1 Å². The summed E-state index contributed by atoms with van der Waals surface area (Å²) in [5.74, 6) is 0. The van der Waals surface area contributed by atoms with Crippen molar-refractivity contribution in [2.45, 2.75) is 12.8 Å². The summed E-state index contributed by atoms with van der Waals surface area (Å²) in [6.45, 7) is 0.836. The van der Waals surface area contributed by atoms with Gasteiger partial charge in [0.25, 0.3) is 0 Å². The van der Waals surface area contributed by atoms with Crippen LogP contribution in [0.15, 0.2) is 66.7 Å². The van der Waals surface area contributed by atoms with Crippen LogP contribution in [0.4, 0.5) is 5.69 Å². The van der Waals surface area contributed by atoms with E-state index in [4.69, 9.17) is 23.8 Å². The normalized spacial score (nSPS) is 10.5. The number of hydrogen-bond donors (Lipinski definition) is 2. The number of rotatable bonds is 5. The zero-order valence-corrected chi connectivity index (χ0v) is 14.8. The zero-order chi connectivity index (χ0) is 16.8. The molecule has 0 spiro atoms. The quantitative estimate of drug-likeness (QED) is 0.473. The van der Waals surface area contributed by atoms with Gasteiger partial charge in [-0.2, -0.15) is 0 Å². The molecular weight excluding hydrogens is 336 g/mol. The predicted octanol–water partition coefficient (Wildman–Crippen LogP) is 5.41. The van der Waals surface area contributed by atoms with Gasteiger partial charge in [0.2, 0.25) is 0 Å². The van der Waals surface area contributed by atoms with Gasteiger partial charge in [-0.3, -0.25) is 0 Å². The molecule has 0 aliphatic heterocycles. The molecule has 0 fully saturated rings. The summed E-state index contributed by atoms with van der Waals surface area (Å²) in [6.07, 6.45) is 2.05. The molecule has 0 atom stereocenters. The number of aryl methyl sites for hydroxylation is 1. The van der Waals surface area contributed by atoms with Crippen molar-refractivity contribution in [2.24, 2.45) is 0 Å². The van der Waals surface area contributed by atoms with E-state index in [0.717, 1.165) is 30.1 Å². The van der Waals surface area contributed by atoms with E-state index in [1.165, 1.54) is 16.3 Å². The van der Waals surface area contributed by atoms with Crippen molar-refractivity contribution in [3.63, 3.8) is 0 Å². The van der Waals surface area contributed by atoms with Gasteiger partial charge < -0.3 is 10.6 Å². The first-order valence-corrected chi connectivity index (χ1v) is 8.78. The summed E-state index contributed by atoms with van der Waals surface area (Å²) < 4.78 is 0. The maximum absolute atomic E-state index is 5.87. The van der Waals surface area contributed by atoms with Gasteiger partial charge in [0.1, 0.15) is 0 Å². The first-order valence-electron chi connectivity index (χ1n) is 7.99. The van der Waals surface area contributed by atoms with Crippen molar-refractivity contribution in [1.82, 2.24) is 5.32 Å². The highest BCUT2D eigenvalue weighted by Crippen LogP contribution is 2.19. The predicted molar refractivity (Wildman–Crippen MR) is 108 cm³/mol. The Morgan fingerprint density at radius 2 is 1.67 bits per heavy atom. The van der Waals surface area contributed by atoms with Crippen LogP contribution in [-0.2, 0) is 6.42 Å². The van der Waals surface area contributed by atoms with Gasteiger partial charge in [0, 0.05) is 17.3 Å². The second-order valence-corrected chi connectivity index (χ2v) is 6.47. The molecule has 3 aromatic carbocycles. The average molecular weight is 355 g/mol. The van der Waals surface area contributed by atoms with Crippen LogP contribution in [0, 0.1) is 0 Å². The molecule has 24 heavy (non-hydrogen) atoms. The number of nitrogens with one attached hydrogen (secondary N) is 2. The van der Waals surface area contributed by atoms with Crippen LogP contribution >= 0.6 is 23.8 Å². The molecule has 122 valence electrons. The van der Waals surface area contributed by atoms with Crippen LogP contribution < -0.4 is 10.6 Å². The Kier molecular flexibility index (Phi) is 5.68. The second-order valence-electron chi connectivity index (χ2n) is 5.63. The lowest BCUT2D eigenvalue weighted by atomic mass is 10.0. The molecule has 0 radical (unpaired) electrons. The Hall–Kier alpha value is -2.10. The fourth-order valence-electron chi connectivity index (χ4n) is 2.70. The third-order valence-electron chi connectivity index (χ3n) is 3.89. The van der Waals surface area contributed by atoms with E-state index in [9.17, 15) is 0 Å². The van der Waals surface area contributed by atoms with E-state index in [2.05, 4.69) is 53.1 Å². The van der Waals surface area contributed by atoms with Crippen molar-refractivity contribution in [3.05, 3.63) is 77.3 Å². The Bertz CT molecular complexity index is 825. The molecular formula is C20H19ClN2S. The van der Waals surface area contributed by atoms with E-state index in [-0.39, 0.29) is 0 Å². The van der Waals surface area contributed by atoms with Crippen LogP contribution in [0.3, 0.4) is 0 Å². The number of anilines is 1. The largest absolute Gasteiger partial charge is 0.362 e. The summed E-state index contributed by atoms with van der Waals surface area (Å²) in [5, 5.41) is 10.4. The fraction of sp³-hybridized carbons (Fsp3) is 0.150. The van der Waals surface area contributed by atoms with Crippen LogP contribution in [0.5, 0.6) is 0 Å². The molecule has 4 heteroatoms. The van der Waals surface area contributed by atoms with Gasteiger partial charge >= 0.3 is 0 Å². The van der Waals surface area contributed by atoms with Gasteiger partial charge in [0.15, 0.2) is 5.11 Å². The van der Waals surface area contributed by atoms with E-state index in [1.807, 2.05) is 24.3 Å². The second kappa shape index (κ2) is 8.13. The van der Waals surface area contributed by atoms with E-state index < -0.39 is 0 Å². The highest BCUT2D eigenvalue weighted by atomic mass is 35.5. The van der Waals surface area contributed by atoms with Crippen molar-refractivity contribution in [3.8, 4) is 0 Å². The minimum Gasteiger partial charge on any atom is -0.362 e. The number of halogens is 1. The molecule has 0 heterocycles. The third-order valence-corrected chi connectivity index (χ3v) is 4.39. The fourth-order valence-corrected chi connectivity index (χ4v) is 3.05. The molecule has 0 saturated heterocycles. The van der Waals surface area contributed by atoms with Gasteiger partial charge in [-0.15, -0.1) is 0 Å². The number of benzene rings is 3. The van der Waals surface area contributed by atoms with Crippen LogP contribution in [0.2, 0.25) is 5.02 Å². The van der Waals surface area contributed by atoms with Crippen molar-refractivity contribution in [1.29, 1.82) is 0 Å². The van der Waals surface area contributed by atoms with Gasteiger partial charge in [-0.05, 0) is 65.7 Å². The van der Waals surface area contributed by atoms with E-state index in [0.29, 0.717) is 5.11 Å². The third kappa shape index (κ3) is 4.47. The highest BCUT2D eigenvalue weighted by molar-refractivity contribution is 7.80. The van der Waals surface area contributed by atoms with Gasteiger partial charge in [0.05, 0.1) is 0 Å². The van der Waals surface area contributed by atoms with Crippen molar-refractivity contribution >= 4 is 45.4 Å². The minimum absolute atomic E-state index is 0.634. The number of thiocarbonyl (C=S) groups is 1. The molecule has 3 rings (SSSR count). The van der Waals surface area contributed by atoms with Crippen LogP contribution in [0.25, 0.3) is 10.8 Å². The monoisotopic (exact) mass is 354 g/mol. The average Bonchev–Trinajstić information content (AvgIpc) is 2.61. The lowest BCUT2D eigenvalue weighted by Gasteiger charge is -2.11. The molecule has 0 bridgehead atoms. The molecule has 0 amide bonds. The van der Waals surface area contributed by atoms with Crippen LogP contribution in [-0.4, -0.2) is 11.7 Å². The summed E-state index contributed by atoms with van der Waals surface area (Å²) in [4.78, 5) is 0. The Morgan fingerprint density at radius 3 is 2.50 bits per heavy atom. The summed E-state index contributed by atoms with van der Waals surface area (Å²) in [6, 6.07) is 22.5. The van der Waals surface area contributed by atoms with Crippen molar-refractivity contribution in [2.75, 3.05) is 11.9 Å². The molecule has 0 aliphatic carbocycles. The molecule has 2 N–H and O–H groups in total. The van der Waals surface area contributed by atoms with Crippen LogP contribution in [0.1, 0.15) is 12.0 Å². The van der Waals surface area contributed by atoms with E-state index >= 15 is 0 Å². The van der Waals surface area contributed by atoms with Crippen molar-refractivity contribution < 1.29 is 0 Å². The molecule has 2 nitrogen and oxygen atoms in total. The lowest BCUT2D eigenvalue weighted by molar-refractivity contribution is 0.780. The highest BCUT2D eigenvalue weighted by Gasteiger charge is 2.01. The topological polar surface area (TPSA) is 24.1 Å². The first-order chi connectivity index (χ1) is 11.7. The standard InChI is InChI=1S/C20H19ClN2S/c21-17-10-12-18(13-11-17)23-20(24)22-14-4-8-16-7-3-6-15-5-1-2-9-19(15)16/h1-3,5-7,9-13H,4,8,14H2,(H2,22,23,24). The summed E-state index contributed by atoms with van der Waals surface area (Å²) in [5.41, 5.74) is 2.32. The van der Waals surface area contributed by atoms with E-state index in [1.54, 1.807) is 0 Å².